The summed E-state index contributed by atoms with van der Waals surface area (Å²) >= 11 is 11.7. The third-order valence-electron chi connectivity index (χ3n) is 3.77. The minimum absolute atomic E-state index is 0.123. The van der Waals surface area contributed by atoms with Gasteiger partial charge in [0.2, 0.25) is 0 Å². The summed E-state index contributed by atoms with van der Waals surface area (Å²) in [5.74, 6) is 0.164. The van der Waals surface area contributed by atoms with Gasteiger partial charge in [0.1, 0.15) is 12.0 Å². The monoisotopic (exact) mass is 399 g/mol. The zero-order chi connectivity index (χ0) is 18.0. The van der Waals surface area contributed by atoms with Crippen molar-refractivity contribution in [3.8, 4) is 5.75 Å². The topological polar surface area (TPSA) is 66.8 Å². The number of sulfonamides is 1. The van der Waals surface area contributed by atoms with E-state index in [0.717, 1.165) is 34.9 Å². The third-order valence-corrected chi connectivity index (χ3v) is 5.96. The number of benzene rings is 1. The number of rotatable bonds is 4. The molecule has 1 aromatic carbocycles. The fourth-order valence-corrected chi connectivity index (χ4v) is 4.33. The lowest BCUT2D eigenvalue weighted by Crippen LogP contribution is -2.23. The second-order valence-electron chi connectivity index (χ2n) is 5.54. The quantitative estimate of drug-likeness (QED) is 0.796. The summed E-state index contributed by atoms with van der Waals surface area (Å²) in [6.07, 6.45) is 12.5. The van der Waals surface area contributed by atoms with Crippen molar-refractivity contribution < 1.29 is 18.3 Å². The molecular formula is C17H15Cl2NO4S. The van der Waals surface area contributed by atoms with E-state index >= 15 is 0 Å². The highest BCUT2D eigenvalue weighted by atomic mass is 35.5. The molecule has 0 fully saturated rings. The van der Waals surface area contributed by atoms with E-state index in [1.165, 1.54) is 18.7 Å². The van der Waals surface area contributed by atoms with E-state index in [9.17, 15) is 13.5 Å². The first kappa shape index (κ1) is 17.9. The maximum atomic E-state index is 12.8. The Labute approximate surface area is 156 Å². The van der Waals surface area contributed by atoms with Gasteiger partial charge < -0.3 is 9.84 Å². The van der Waals surface area contributed by atoms with Crippen molar-refractivity contribution in [2.24, 2.45) is 0 Å². The number of allylic oxidation sites excluding steroid dienone is 4. The molecular weight excluding hydrogens is 385 g/mol. The normalized spacial score (nSPS) is 17.1. The first-order valence-electron chi connectivity index (χ1n) is 7.48. The van der Waals surface area contributed by atoms with Gasteiger partial charge in [0.05, 0.1) is 27.3 Å². The van der Waals surface area contributed by atoms with Gasteiger partial charge in [-0.25, -0.2) is 12.7 Å². The molecule has 5 nitrogen and oxygen atoms in total. The van der Waals surface area contributed by atoms with Gasteiger partial charge in [0, 0.05) is 6.42 Å². The molecule has 1 heterocycles. The van der Waals surface area contributed by atoms with E-state index in [2.05, 4.69) is 6.08 Å². The lowest BCUT2D eigenvalue weighted by molar-refractivity contribution is 0.313. The highest BCUT2D eigenvalue weighted by Gasteiger charge is 2.25. The summed E-state index contributed by atoms with van der Waals surface area (Å²) in [7, 11) is -3.92. The molecule has 0 radical (unpaired) electrons. The summed E-state index contributed by atoms with van der Waals surface area (Å²) in [4.78, 5) is -0.123. The van der Waals surface area contributed by atoms with E-state index in [-0.39, 0.29) is 20.7 Å². The Morgan fingerprint density at radius 1 is 1.24 bits per heavy atom. The van der Waals surface area contributed by atoms with E-state index < -0.39 is 10.0 Å². The van der Waals surface area contributed by atoms with Crippen molar-refractivity contribution in [3.63, 3.8) is 0 Å². The molecule has 25 heavy (non-hydrogen) atoms. The highest BCUT2D eigenvalue weighted by molar-refractivity contribution is 7.89. The molecule has 0 spiro atoms. The summed E-state index contributed by atoms with van der Waals surface area (Å²) in [6.45, 7) is 0. The SMILES string of the molecule is O=S(=O)(c1cc(Cl)c(O)c(Cl)c1)N1C=COC(CC2=CC=CCC2)=C1. The number of phenols is 1. The third kappa shape index (κ3) is 3.86. The molecule has 1 aliphatic heterocycles. The molecule has 3 rings (SSSR count). The standard InChI is InChI=1S/C17H15Cl2NO4S/c18-15-9-14(10-16(19)17(15)21)25(22,23)20-6-7-24-13(11-20)8-12-4-2-1-3-5-12/h1-2,4,6-7,9-11,21H,3,5,8H2. The summed E-state index contributed by atoms with van der Waals surface area (Å²) in [6, 6.07) is 2.31. The Balaban J connectivity index is 1.89. The van der Waals surface area contributed by atoms with Gasteiger partial charge in [-0.2, -0.15) is 0 Å². The number of phenolic OH excluding ortho intramolecular Hbond substituents is 1. The van der Waals surface area contributed by atoms with Crippen LogP contribution in [0.15, 0.2) is 65.3 Å². The Kier molecular flexibility index (Phi) is 5.13. The Morgan fingerprint density at radius 2 is 1.96 bits per heavy atom. The molecule has 1 aliphatic carbocycles. The van der Waals surface area contributed by atoms with E-state index in [0.29, 0.717) is 12.2 Å². The smallest absolute Gasteiger partial charge is 0.267 e. The summed E-state index contributed by atoms with van der Waals surface area (Å²) in [5.41, 5.74) is 1.16. The van der Waals surface area contributed by atoms with Crippen LogP contribution in [0.3, 0.4) is 0 Å². The number of nitrogens with zero attached hydrogens (tertiary/aromatic N) is 1. The molecule has 2 aliphatic rings. The van der Waals surface area contributed by atoms with Crippen molar-refractivity contribution in [2.45, 2.75) is 24.2 Å². The van der Waals surface area contributed by atoms with E-state index in [1.807, 2.05) is 12.2 Å². The van der Waals surface area contributed by atoms with Crippen LogP contribution in [0.4, 0.5) is 0 Å². The second kappa shape index (κ2) is 7.15. The van der Waals surface area contributed by atoms with Crippen LogP contribution in [0.1, 0.15) is 19.3 Å². The van der Waals surface area contributed by atoms with Crippen molar-refractivity contribution in [1.29, 1.82) is 0 Å². The molecule has 0 unspecified atom stereocenters. The lowest BCUT2D eigenvalue weighted by Gasteiger charge is -2.22. The van der Waals surface area contributed by atoms with Gasteiger partial charge in [-0.05, 0) is 25.0 Å². The van der Waals surface area contributed by atoms with Gasteiger partial charge in [0.15, 0.2) is 5.75 Å². The van der Waals surface area contributed by atoms with Gasteiger partial charge in [-0.1, -0.05) is 47.0 Å². The molecule has 8 heteroatoms. The van der Waals surface area contributed by atoms with Crippen LogP contribution >= 0.6 is 23.2 Å². The van der Waals surface area contributed by atoms with Crippen molar-refractivity contribution in [3.05, 3.63) is 70.4 Å². The van der Waals surface area contributed by atoms with E-state index in [1.54, 1.807) is 0 Å². The minimum atomic E-state index is -3.92. The fourth-order valence-electron chi connectivity index (χ4n) is 2.47. The molecule has 132 valence electrons. The van der Waals surface area contributed by atoms with Gasteiger partial charge in [-0.15, -0.1) is 0 Å². The maximum absolute atomic E-state index is 12.8. The zero-order valence-electron chi connectivity index (χ0n) is 13.0. The summed E-state index contributed by atoms with van der Waals surface area (Å²) < 4.78 is 32.1. The molecule has 0 saturated heterocycles. The maximum Gasteiger partial charge on any atom is 0.267 e. The predicted octanol–water partition coefficient (Wildman–Crippen LogP) is 4.70. The van der Waals surface area contributed by atoms with Gasteiger partial charge in [-0.3, -0.25) is 0 Å². The molecule has 0 atom stereocenters. The van der Waals surface area contributed by atoms with Crippen LogP contribution < -0.4 is 0 Å². The van der Waals surface area contributed by atoms with Crippen LogP contribution in [-0.4, -0.2) is 17.8 Å². The minimum Gasteiger partial charge on any atom is -0.505 e. The van der Waals surface area contributed by atoms with E-state index in [4.69, 9.17) is 27.9 Å². The van der Waals surface area contributed by atoms with Crippen LogP contribution in [0.5, 0.6) is 5.75 Å². The first-order chi connectivity index (χ1) is 11.9. The number of aromatic hydroxyl groups is 1. The molecule has 0 bridgehead atoms. The van der Waals surface area contributed by atoms with Crippen molar-refractivity contribution >= 4 is 33.2 Å². The zero-order valence-corrected chi connectivity index (χ0v) is 15.4. The molecule has 0 saturated carbocycles. The average molecular weight is 400 g/mol. The van der Waals surface area contributed by atoms with Crippen molar-refractivity contribution in [2.75, 3.05) is 0 Å². The first-order valence-corrected chi connectivity index (χ1v) is 9.67. The molecule has 1 N–H and O–H groups in total. The van der Waals surface area contributed by atoms with Gasteiger partial charge in [0.25, 0.3) is 10.0 Å². The predicted molar refractivity (Wildman–Crippen MR) is 96.5 cm³/mol. The fraction of sp³-hybridized carbons (Fsp3) is 0.176. The largest absolute Gasteiger partial charge is 0.505 e. The number of ether oxygens (including phenoxy) is 1. The van der Waals surface area contributed by atoms with Crippen LogP contribution in [-0.2, 0) is 14.8 Å². The molecule has 0 amide bonds. The van der Waals surface area contributed by atoms with Gasteiger partial charge >= 0.3 is 0 Å². The molecule has 1 aromatic rings. The highest BCUT2D eigenvalue weighted by Crippen LogP contribution is 2.35. The van der Waals surface area contributed by atoms with Crippen LogP contribution in [0.25, 0.3) is 0 Å². The van der Waals surface area contributed by atoms with Crippen LogP contribution in [0, 0.1) is 0 Å². The second-order valence-corrected chi connectivity index (χ2v) is 8.19. The number of hydrogen-bond donors (Lipinski definition) is 1. The Morgan fingerprint density at radius 3 is 2.60 bits per heavy atom. The van der Waals surface area contributed by atoms with Crippen LogP contribution in [0.2, 0.25) is 10.0 Å². The summed E-state index contributed by atoms with van der Waals surface area (Å²) in [5, 5.41) is 9.34. The average Bonchev–Trinajstić information content (AvgIpc) is 2.60. The Hall–Kier alpha value is -1.89. The lowest BCUT2D eigenvalue weighted by atomic mass is 10.0. The Bertz CT molecular complexity index is 894. The van der Waals surface area contributed by atoms with Crippen molar-refractivity contribution in [1.82, 2.24) is 4.31 Å². The molecule has 0 aromatic heterocycles. The number of hydrogen-bond acceptors (Lipinski definition) is 4. The number of halogens is 2.